The van der Waals surface area contributed by atoms with Crippen LogP contribution < -0.4 is 4.90 Å². The van der Waals surface area contributed by atoms with Gasteiger partial charge in [-0.05, 0) is 37.8 Å². The molecule has 1 unspecified atom stereocenters. The van der Waals surface area contributed by atoms with Gasteiger partial charge in [0, 0.05) is 30.3 Å². The summed E-state index contributed by atoms with van der Waals surface area (Å²) in [6.45, 7) is 5.05. The highest BCUT2D eigenvalue weighted by atomic mass is 35.5. The lowest BCUT2D eigenvalue weighted by atomic mass is 10.2. The van der Waals surface area contributed by atoms with Crippen LogP contribution in [0.1, 0.15) is 32.6 Å². The van der Waals surface area contributed by atoms with Crippen LogP contribution in [0, 0.1) is 0 Å². The Labute approximate surface area is 162 Å². The average molecular weight is 391 g/mol. The number of fused-ring (bicyclic) bond motifs is 1. The molecule has 1 atom stereocenters. The Hall–Kier alpha value is -1.63. The second kappa shape index (κ2) is 7.94. The van der Waals surface area contributed by atoms with E-state index >= 15 is 0 Å². The Morgan fingerprint density at radius 3 is 2.85 bits per heavy atom. The second-order valence-corrected chi connectivity index (χ2v) is 8.03. The number of benzene rings is 1. The van der Waals surface area contributed by atoms with E-state index in [1.807, 2.05) is 35.0 Å². The van der Waals surface area contributed by atoms with Gasteiger partial charge in [-0.25, -0.2) is 9.50 Å². The van der Waals surface area contributed by atoms with Gasteiger partial charge in [-0.15, -0.1) is 5.10 Å². The number of hydrogen-bond donors (Lipinski definition) is 0. The van der Waals surface area contributed by atoms with Crippen LogP contribution in [0.15, 0.2) is 30.5 Å². The minimum atomic E-state index is 0.389. The van der Waals surface area contributed by atoms with Gasteiger partial charge in [-0.2, -0.15) is 0 Å². The van der Waals surface area contributed by atoms with E-state index in [1.165, 1.54) is 0 Å². The Morgan fingerprint density at radius 1 is 1.23 bits per heavy atom. The van der Waals surface area contributed by atoms with E-state index in [1.54, 1.807) is 11.3 Å². The van der Waals surface area contributed by atoms with Gasteiger partial charge in [0.2, 0.25) is 10.1 Å². The number of aromatic nitrogens is 3. The summed E-state index contributed by atoms with van der Waals surface area (Å²) in [5, 5.41) is 6.54. The molecule has 0 saturated carbocycles. The summed E-state index contributed by atoms with van der Waals surface area (Å²) >= 11 is 7.62. The molecule has 3 aromatic rings. The fraction of sp³-hybridized carbons (Fsp3) is 0.474. The standard InChI is InChI=1S/C19H23ClN4OS/c1-2-12-25-16-4-3-10-23(11-9-16)19-22-24-13-17(21-18(24)26-19)14-5-7-15(20)8-6-14/h5-8,13,16H,2-4,9-12H2,1H3. The summed E-state index contributed by atoms with van der Waals surface area (Å²) in [6, 6.07) is 7.75. The van der Waals surface area contributed by atoms with Gasteiger partial charge in [0.1, 0.15) is 0 Å². The van der Waals surface area contributed by atoms with Crippen molar-refractivity contribution in [1.82, 2.24) is 14.6 Å². The first kappa shape index (κ1) is 17.8. The number of ether oxygens (including phenoxy) is 1. The zero-order valence-corrected chi connectivity index (χ0v) is 16.5. The van der Waals surface area contributed by atoms with Crippen molar-refractivity contribution in [1.29, 1.82) is 0 Å². The normalized spacial score (nSPS) is 18.4. The van der Waals surface area contributed by atoms with Crippen LogP contribution in [-0.2, 0) is 4.74 Å². The highest BCUT2D eigenvalue weighted by Crippen LogP contribution is 2.29. The van der Waals surface area contributed by atoms with Gasteiger partial charge < -0.3 is 9.64 Å². The van der Waals surface area contributed by atoms with Crippen molar-refractivity contribution in [3.63, 3.8) is 0 Å². The molecule has 1 aliphatic rings. The van der Waals surface area contributed by atoms with Crippen molar-refractivity contribution in [3.05, 3.63) is 35.5 Å². The molecule has 7 heteroatoms. The molecule has 1 aromatic carbocycles. The van der Waals surface area contributed by atoms with E-state index in [9.17, 15) is 0 Å². The minimum Gasteiger partial charge on any atom is -0.378 e. The molecule has 3 heterocycles. The minimum absolute atomic E-state index is 0.389. The van der Waals surface area contributed by atoms with E-state index < -0.39 is 0 Å². The molecule has 0 bridgehead atoms. The highest BCUT2D eigenvalue weighted by Gasteiger charge is 2.20. The number of hydrogen-bond acceptors (Lipinski definition) is 5. The van der Waals surface area contributed by atoms with Gasteiger partial charge in [0.15, 0.2) is 0 Å². The Balaban J connectivity index is 1.48. The molecule has 0 radical (unpaired) electrons. The Kier molecular flexibility index (Phi) is 5.43. The molecule has 0 N–H and O–H groups in total. The zero-order valence-electron chi connectivity index (χ0n) is 14.9. The molecule has 138 valence electrons. The molecular formula is C19H23ClN4OS. The van der Waals surface area contributed by atoms with Crippen LogP contribution in [0.4, 0.5) is 5.13 Å². The summed E-state index contributed by atoms with van der Waals surface area (Å²) in [5.41, 5.74) is 1.98. The summed E-state index contributed by atoms with van der Waals surface area (Å²) in [6.07, 6.45) is 6.81. The SMILES string of the molecule is CCCOC1CCCN(c2nn3cc(-c4ccc(Cl)cc4)nc3s2)CC1. The first-order valence-electron chi connectivity index (χ1n) is 9.21. The topological polar surface area (TPSA) is 42.7 Å². The maximum atomic E-state index is 5.96. The monoisotopic (exact) mass is 390 g/mol. The lowest BCUT2D eigenvalue weighted by Gasteiger charge is -2.18. The van der Waals surface area contributed by atoms with E-state index in [-0.39, 0.29) is 0 Å². The van der Waals surface area contributed by atoms with Gasteiger partial charge in [0.25, 0.3) is 0 Å². The first-order valence-corrected chi connectivity index (χ1v) is 10.4. The molecule has 1 fully saturated rings. The molecular weight excluding hydrogens is 368 g/mol. The fourth-order valence-electron chi connectivity index (χ4n) is 3.29. The van der Waals surface area contributed by atoms with E-state index in [0.29, 0.717) is 6.10 Å². The van der Waals surface area contributed by atoms with Crippen molar-refractivity contribution >= 4 is 33.0 Å². The van der Waals surface area contributed by atoms with Gasteiger partial charge >= 0.3 is 0 Å². The highest BCUT2D eigenvalue weighted by molar-refractivity contribution is 7.20. The lowest BCUT2D eigenvalue weighted by Crippen LogP contribution is -2.25. The number of rotatable bonds is 5. The van der Waals surface area contributed by atoms with Crippen molar-refractivity contribution in [2.75, 3.05) is 24.6 Å². The number of anilines is 1. The molecule has 0 spiro atoms. The molecule has 0 aliphatic carbocycles. The van der Waals surface area contributed by atoms with Gasteiger partial charge in [-0.3, -0.25) is 0 Å². The van der Waals surface area contributed by atoms with Gasteiger partial charge in [0.05, 0.1) is 18.0 Å². The quantitative estimate of drug-likeness (QED) is 0.621. The average Bonchev–Trinajstić information content (AvgIpc) is 3.12. The summed E-state index contributed by atoms with van der Waals surface area (Å²) < 4.78 is 7.83. The van der Waals surface area contributed by atoms with Crippen molar-refractivity contribution in [2.45, 2.75) is 38.7 Å². The van der Waals surface area contributed by atoms with Crippen molar-refractivity contribution in [2.24, 2.45) is 0 Å². The fourth-order valence-corrected chi connectivity index (χ4v) is 4.35. The van der Waals surface area contributed by atoms with E-state index in [2.05, 4.69) is 11.8 Å². The third kappa shape index (κ3) is 3.87. The summed E-state index contributed by atoms with van der Waals surface area (Å²) in [7, 11) is 0. The lowest BCUT2D eigenvalue weighted by molar-refractivity contribution is 0.0461. The van der Waals surface area contributed by atoms with Crippen molar-refractivity contribution < 1.29 is 4.74 Å². The van der Waals surface area contributed by atoms with Gasteiger partial charge in [-0.1, -0.05) is 42.0 Å². The van der Waals surface area contributed by atoms with Crippen molar-refractivity contribution in [3.8, 4) is 11.3 Å². The third-order valence-corrected chi connectivity index (χ3v) is 5.91. The number of imidazole rings is 1. The Bertz CT molecular complexity index is 829. The van der Waals surface area contributed by atoms with Crippen LogP contribution in [0.3, 0.4) is 0 Å². The molecule has 2 aromatic heterocycles. The molecule has 4 rings (SSSR count). The van der Waals surface area contributed by atoms with Crippen LogP contribution >= 0.6 is 22.9 Å². The molecule has 0 amide bonds. The predicted octanol–water partition coefficient (Wildman–Crippen LogP) is 4.90. The molecule has 5 nitrogen and oxygen atoms in total. The molecule has 26 heavy (non-hydrogen) atoms. The van der Waals surface area contributed by atoms with Crippen LogP contribution in [0.2, 0.25) is 5.02 Å². The zero-order chi connectivity index (χ0) is 17.9. The van der Waals surface area contributed by atoms with Crippen LogP contribution in [0.25, 0.3) is 16.2 Å². The Morgan fingerprint density at radius 2 is 2.08 bits per heavy atom. The third-order valence-electron chi connectivity index (χ3n) is 4.68. The molecule has 1 saturated heterocycles. The predicted molar refractivity (Wildman–Crippen MR) is 107 cm³/mol. The number of halogens is 1. The van der Waals surface area contributed by atoms with E-state index in [4.69, 9.17) is 26.4 Å². The maximum Gasteiger partial charge on any atom is 0.214 e. The second-order valence-electron chi connectivity index (χ2n) is 6.66. The summed E-state index contributed by atoms with van der Waals surface area (Å²) in [4.78, 5) is 8.03. The smallest absolute Gasteiger partial charge is 0.214 e. The maximum absolute atomic E-state index is 5.96. The summed E-state index contributed by atoms with van der Waals surface area (Å²) in [5.74, 6) is 0. The van der Waals surface area contributed by atoms with Crippen LogP contribution in [-0.4, -0.2) is 40.4 Å². The molecule has 1 aliphatic heterocycles. The number of nitrogens with zero attached hydrogens (tertiary/aromatic N) is 4. The van der Waals surface area contributed by atoms with Crippen LogP contribution in [0.5, 0.6) is 0 Å². The largest absolute Gasteiger partial charge is 0.378 e. The van der Waals surface area contributed by atoms with E-state index in [0.717, 1.165) is 71.8 Å². The first-order chi connectivity index (χ1) is 12.7.